The molecule has 7 heteroatoms. The zero-order chi connectivity index (χ0) is 13.9. The molecule has 0 unspecified atom stereocenters. The molecule has 0 amide bonds. The summed E-state index contributed by atoms with van der Waals surface area (Å²) in [5.74, 6) is 5.26. The maximum Gasteiger partial charge on any atom is 0.243 e. The minimum absolute atomic E-state index is 0.00561. The van der Waals surface area contributed by atoms with Crippen LogP contribution in [0, 0.1) is 0 Å². The molecular formula is C12H19N3O3S. The van der Waals surface area contributed by atoms with Gasteiger partial charge in [-0.2, -0.15) is 4.31 Å². The largest absolute Gasteiger partial charge is 0.381 e. The van der Waals surface area contributed by atoms with Crippen molar-refractivity contribution in [3.05, 3.63) is 24.3 Å². The van der Waals surface area contributed by atoms with E-state index in [1.54, 1.807) is 31.3 Å². The van der Waals surface area contributed by atoms with Crippen LogP contribution in [0.15, 0.2) is 29.2 Å². The number of nitrogens with two attached hydrogens (primary N) is 1. The van der Waals surface area contributed by atoms with Gasteiger partial charge in [-0.3, -0.25) is 5.84 Å². The second-order valence-corrected chi connectivity index (χ2v) is 6.53. The van der Waals surface area contributed by atoms with Gasteiger partial charge in [-0.1, -0.05) is 0 Å². The molecule has 2 rings (SSSR count). The molecule has 0 aromatic heterocycles. The van der Waals surface area contributed by atoms with Crippen molar-refractivity contribution in [2.75, 3.05) is 25.7 Å². The number of nitrogens with one attached hydrogen (secondary N) is 1. The standard InChI is InChI=1S/C12H19N3O3S/c1-15(11-6-8-18-9-7-11)19(16,17)12-4-2-10(14-13)3-5-12/h2-5,11,14H,6-9,13H2,1H3. The van der Waals surface area contributed by atoms with Crippen molar-refractivity contribution in [1.29, 1.82) is 0 Å². The van der Waals surface area contributed by atoms with Gasteiger partial charge in [-0.05, 0) is 37.1 Å². The monoisotopic (exact) mass is 285 g/mol. The summed E-state index contributed by atoms with van der Waals surface area (Å²) in [5.41, 5.74) is 3.15. The fourth-order valence-corrected chi connectivity index (χ4v) is 3.55. The lowest BCUT2D eigenvalue weighted by Crippen LogP contribution is -2.40. The van der Waals surface area contributed by atoms with Gasteiger partial charge in [-0.15, -0.1) is 0 Å². The average molecular weight is 285 g/mol. The highest BCUT2D eigenvalue weighted by Gasteiger charge is 2.29. The third-order valence-corrected chi connectivity index (χ3v) is 5.33. The van der Waals surface area contributed by atoms with E-state index >= 15 is 0 Å². The van der Waals surface area contributed by atoms with Crippen molar-refractivity contribution >= 4 is 15.7 Å². The predicted octanol–water partition coefficient (Wildman–Crippen LogP) is 0.772. The van der Waals surface area contributed by atoms with E-state index in [2.05, 4.69) is 5.43 Å². The minimum Gasteiger partial charge on any atom is -0.381 e. The zero-order valence-electron chi connectivity index (χ0n) is 10.9. The van der Waals surface area contributed by atoms with Crippen molar-refractivity contribution in [2.45, 2.75) is 23.8 Å². The third kappa shape index (κ3) is 3.06. The number of hydrazine groups is 1. The first-order chi connectivity index (χ1) is 9.05. The fraction of sp³-hybridized carbons (Fsp3) is 0.500. The lowest BCUT2D eigenvalue weighted by molar-refractivity contribution is 0.0632. The van der Waals surface area contributed by atoms with Gasteiger partial charge in [0.1, 0.15) is 0 Å². The molecule has 1 heterocycles. The topological polar surface area (TPSA) is 84.7 Å². The molecule has 1 fully saturated rings. The molecule has 0 bridgehead atoms. The number of hydrogen-bond acceptors (Lipinski definition) is 5. The number of rotatable bonds is 4. The van der Waals surface area contributed by atoms with E-state index in [1.165, 1.54) is 4.31 Å². The summed E-state index contributed by atoms with van der Waals surface area (Å²) < 4.78 is 31.6. The molecule has 0 atom stereocenters. The fourth-order valence-electron chi connectivity index (χ4n) is 2.13. The van der Waals surface area contributed by atoms with E-state index in [1.807, 2.05) is 0 Å². The van der Waals surface area contributed by atoms with Gasteiger partial charge in [0.25, 0.3) is 0 Å². The van der Waals surface area contributed by atoms with E-state index in [0.717, 1.165) is 12.8 Å². The zero-order valence-corrected chi connectivity index (χ0v) is 11.7. The number of benzene rings is 1. The molecule has 19 heavy (non-hydrogen) atoms. The molecule has 106 valence electrons. The Hall–Kier alpha value is -1.15. The number of nitrogen functional groups attached to an aromatic ring is 1. The Morgan fingerprint density at radius 3 is 2.37 bits per heavy atom. The molecule has 1 aromatic rings. The quantitative estimate of drug-likeness (QED) is 0.630. The Kier molecular flexibility index (Phi) is 4.41. The molecule has 0 saturated carbocycles. The van der Waals surface area contributed by atoms with Crippen LogP contribution in [0.2, 0.25) is 0 Å². The average Bonchev–Trinajstić information content (AvgIpc) is 2.47. The van der Waals surface area contributed by atoms with Crippen LogP contribution in [0.4, 0.5) is 5.69 Å². The molecule has 1 aliphatic rings. The highest BCUT2D eigenvalue weighted by molar-refractivity contribution is 7.89. The molecule has 0 radical (unpaired) electrons. The molecular weight excluding hydrogens is 266 g/mol. The smallest absolute Gasteiger partial charge is 0.243 e. The predicted molar refractivity (Wildman–Crippen MR) is 73.0 cm³/mol. The Bertz CT molecular complexity index is 510. The van der Waals surface area contributed by atoms with Crippen LogP contribution in [-0.2, 0) is 14.8 Å². The number of sulfonamides is 1. The molecule has 1 aromatic carbocycles. The second kappa shape index (κ2) is 5.87. The van der Waals surface area contributed by atoms with Gasteiger partial charge < -0.3 is 10.2 Å². The first kappa shape index (κ1) is 14.3. The van der Waals surface area contributed by atoms with Crippen molar-refractivity contribution < 1.29 is 13.2 Å². The minimum atomic E-state index is -3.45. The first-order valence-corrected chi connectivity index (χ1v) is 7.62. The van der Waals surface area contributed by atoms with Crippen LogP contribution in [0.25, 0.3) is 0 Å². The molecule has 6 nitrogen and oxygen atoms in total. The van der Waals surface area contributed by atoms with Crippen LogP contribution in [0.1, 0.15) is 12.8 Å². The summed E-state index contributed by atoms with van der Waals surface area (Å²) in [6.45, 7) is 1.22. The summed E-state index contributed by atoms with van der Waals surface area (Å²) in [7, 11) is -1.83. The second-order valence-electron chi connectivity index (χ2n) is 4.53. The number of nitrogens with zero attached hydrogens (tertiary/aromatic N) is 1. The summed E-state index contributed by atoms with van der Waals surface area (Å²) in [5, 5.41) is 0. The number of hydrogen-bond donors (Lipinski definition) is 2. The van der Waals surface area contributed by atoms with E-state index in [9.17, 15) is 8.42 Å². The van der Waals surface area contributed by atoms with Gasteiger partial charge in [0.05, 0.1) is 4.90 Å². The van der Waals surface area contributed by atoms with Crippen LogP contribution in [0.3, 0.4) is 0 Å². The summed E-state index contributed by atoms with van der Waals surface area (Å²) in [4.78, 5) is 0.278. The van der Waals surface area contributed by atoms with Crippen LogP contribution < -0.4 is 11.3 Å². The number of ether oxygens (including phenoxy) is 1. The Balaban J connectivity index is 2.19. The van der Waals surface area contributed by atoms with Crippen LogP contribution in [-0.4, -0.2) is 39.0 Å². The Morgan fingerprint density at radius 2 is 1.84 bits per heavy atom. The maximum atomic E-state index is 12.5. The number of anilines is 1. The molecule has 3 N–H and O–H groups in total. The van der Waals surface area contributed by atoms with E-state index < -0.39 is 10.0 Å². The van der Waals surface area contributed by atoms with Gasteiger partial charge >= 0.3 is 0 Å². The molecule has 0 aliphatic carbocycles. The van der Waals surface area contributed by atoms with Gasteiger partial charge in [0, 0.05) is 32.0 Å². The van der Waals surface area contributed by atoms with Gasteiger partial charge in [0.15, 0.2) is 0 Å². The van der Waals surface area contributed by atoms with Crippen LogP contribution in [0.5, 0.6) is 0 Å². The van der Waals surface area contributed by atoms with E-state index in [4.69, 9.17) is 10.6 Å². The lowest BCUT2D eigenvalue weighted by atomic mass is 10.1. The molecule has 1 saturated heterocycles. The normalized spacial score (nSPS) is 17.6. The molecule has 1 aliphatic heterocycles. The maximum absolute atomic E-state index is 12.5. The highest BCUT2D eigenvalue weighted by Crippen LogP contribution is 2.22. The van der Waals surface area contributed by atoms with Crippen LogP contribution >= 0.6 is 0 Å². The van der Waals surface area contributed by atoms with E-state index in [-0.39, 0.29) is 10.9 Å². The van der Waals surface area contributed by atoms with Gasteiger partial charge in [0.2, 0.25) is 10.0 Å². The summed E-state index contributed by atoms with van der Waals surface area (Å²) in [6.07, 6.45) is 1.47. The first-order valence-electron chi connectivity index (χ1n) is 6.18. The Morgan fingerprint density at radius 1 is 1.26 bits per heavy atom. The summed E-state index contributed by atoms with van der Waals surface area (Å²) >= 11 is 0. The van der Waals surface area contributed by atoms with Crippen molar-refractivity contribution in [1.82, 2.24) is 4.31 Å². The van der Waals surface area contributed by atoms with E-state index in [0.29, 0.717) is 18.9 Å². The van der Waals surface area contributed by atoms with Crippen molar-refractivity contribution in [3.8, 4) is 0 Å². The lowest BCUT2D eigenvalue weighted by Gasteiger charge is -2.30. The van der Waals surface area contributed by atoms with Crippen molar-refractivity contribution in [3.63, 3.8) is 0 Å². The van der Waals surface area contributed by atoms with Gasteiger partial charge in [-0.25, -0.2) is 8.42 Å². The highest BCUT2D eigenvalue weighted by atomic mass is 32.2. The Labute approximate surface area is 113 Å². The van der Waals surface area contributed by atoms with Crippen molar-refractivity contribution in [2.24, 2.45) is 5.84 Å². The third-order valence-electron chi connectivity index (χ3n) is 3.40. The SMILES string of the molecule is CN(C1CCOCC1)S(=O)(=O)c1ccc(NN)cc1. The summed E-state index contributed by atoms with van der Waals surface area (Å²) in [6, 6.07) is 6.40. The molecule has 0 spiro atoms.